The van der Waals surface area contributed by atoms with Crippen LogP contribution < -0.4 is 10.6 Å². The maximum atomic E-state index is 4.19. The third kappa shape index (κ3) is 4.99. The summed E-state index contributed by atoms with van der Waals surface area (Å²) in [6.07, 6.45) is 1.56. The molecule has 0 unspecified atom stereocenters. The van der Waals surface area contributed by atoms with Crippen LogP contribution in [0.4, 0.5) is 11.6 Å². The third-order valence-electron chi connectivity index (χ3n) is 2.42. The molecule has 0 spiro atoms. The van der Waals surface area contributed by atoms with Gasteiger partial charge in [0.2, 0.25) is 0 Å². The molecule has 5 heteroatoms. The molecule has 2 N–H and O–H groups in total. The van der Waals surface area contributed by atoms with Crippen molar-refractivity contribution in [3.05, 3.63) is 12.4 Å². The van der Waals surface area contributed by atoms with Gasteiger partial charge in [-0.1, -0.05) is 13.8 Å². The molecule has 1 heterocycles. The number of hydrogen-bond acceptors (Lipinski definition) is 5. The Kier molecular flexibility index (Phi) is 4.69. The van der Waals surface area contributed by atoms with Gasteiger partial charge in [0.1, 0.15) is 18.0 Å². The molecule has 0 atom stereocenters. The minimum absolute atomic E-state index is 0.203. The average Bonchev–Trinajstić information content (AvgIpc) is 2.25. The van der Waals surface area contributed by atoms with Gasteiger partial charge in [0.25, 0.3) is 0 Å². The van der Waals surface area contributed by atoms with Gasteiger partial charge >= 0.3 is 0 Å². The van der Waals surface area contributed by atoms with Crippen LogP contribution in [0.1, 0.15) is 13.8 Å². The molecule has 0 aliphatic rings. The van der Waals surface area contributed by atoms with Crippen LogP contribution in [-0.2, 0) is 0 Å². The summed E-state index contributed by atoms with van der Waals surface area (Å²) in [6, 6.07) is 1.91. The molecule has 96 valence electrons. The van der Waals surface area contributed by atoms with Crippen molar-refractivity contribution in [1.82, 2.24) is 14.9 Å². The van der Waals surface area contributed by atoms with Gasteiger partial charge in [-0.3, -0.25) is 0 Å². The number of hydrogen-bond donors (Lipinski definition) is 2. The Labute approximate surface area is 104 Å². The summed E-state index contributed by atoms with van der Waals surface area (Å²) in [4.78, 5) is 10.5. The first-order chi connectivity index (χ1) is 7.93. The second-order valence-corrected chi connectivity index (χ2v) is 5.29. The van der Waals surface area contributed by atoms with Crippen molar-refractivity contribution in [2.75, 3.05) is 44.9 Å². The Morgan fingerprint density at radius 2 is 1.88 bits per heavy atom. The monoisotopic (exact) mass is 237 g/mol. The summed E-state index contributed by atoms with van der Waals surface area (Å²) in [6.45, 7) is 6.38. The maximum absolute atomic E-state index is 4.19. The van der Waals surface area contributed by atoms with Gasteiger partial charge in [-0.2, -0.15) is 0 Å². The van der Waals surface area contributed by atoms with Crippen molar-refractivity contribution in [3.8, 4) is 0 Å². The lowest BCUT2D eigenvalue weighted by Crippen LogP contribution is -2.34. The van der Waals surface area contributed by atoms with Gasteiger partial charge in [0.15, 0.2) is 0 Å². The molecule has 0 bridgehead atoms. The van der Waals surface area contributed by atoms with Crippen LogP contribution in [0.15, 0.2) is 12.4 Å². The Hall–Kier alpha value is -1.36. The van der Waals surface area contributed by atoms with Crippen molar-refractivity contribution in [2.24, 2.45) is 5.41 Å². The lowest BCUT2D eigenvalue weighted by Gasteiger charge is -2.28. The first kappa shape index (κ1) is 13.7. The zero-order valence-corrected chi connectivity index (χ0v) is 11.4. The van der Waals surface area contributed by atoms with Crippen LogP contribution in [-0.4, -0.2) is 49.1 Å². The van der Waals surface area contributed by atoms with E-state index >= 15 is 0 Å². The van der Waals surface area contributed by atoms with Gasteiger partial charge < -0.3 is 15.5 Å². The molecule has 1 aromatic heterocycles. The normalized spacial score (nSPS) is 11.6. The molecule has 0 saturated carbocycles. The highest BCUT2D eigenvalue weighted by atomic mass is 15.1. The predicted octanol–water partition coefficient (Wildman–Crippen LogP) is 1.52. The fraction of sp³-hybridized carbons (Fsp3) is 0.667. The van der Waals surface area contributed by atoms with Crippen LogP contribution >= 0.6 is 0 Å². The van der Waals surface area contributed by atoms with E-state index in [2.05, 4.69) is 53.4 Å². The second kappa shape index (κ2) is 5.82. The van der Waals surface area contributed by atoms with Crippen LogP contribution in [0.3, 0.4) is 0 Å². The van der Waals surface area contributed by atoms with Crippen LogP contribution in [0, 0.1) is 5.41 Å². The second-order valence-electron chi connectivity index (χ2n) is 5.29. The number of nitrogens with one attached hydrogen (secondary N) is 2. The van der Waals surface area contributed by atoms with Crippen LogP contribution in [0.25, 0.3) is 0 Å². The number of anilines is 2. The fourth-order valence-electron chi connectivity index (χ4n) is 1.83. The van der Waals surface area contributed by atoms with Gasteiger partial charge in [0.05, 0.1) is 0 Å². The fourth-order valence-corrected chi connectivity index (χ4v) is 1.83. The zero-order chi connectivity index (χ0) is 12.9. The number of aromatic nitrogens is 2. The molecule has 0 fully saturated rings. The molecule has 0 aliphatic heterocycles. The standard InChI is InChI=1S/C12H23N5/c1-12(2,8-17(4)5)7-14-11-6-10(13-3)15-9-16-11/h6,9H,7-8H2,1-5H3,(H2,13,14,15,16). The van der Waals surface area contributed by atoms with E-state index in [4.69, 9.17) is 0 Å². The first-order valence-electron chi connectivity index (χ1n) is 5.81. The van der Waals surface area contributed by atoms with Crippen molar-refractivity contribution < 1.29 is 0 Å². The van der Waals surface area contributed by atoms with E-state index in [9.17, 15) is 0 Å². The van der Waals surface area contributed by atoms with Crippen LogP contribution in [0.2, 0.25) is 0 Å². The SMILES string of the molecule is CNc1cc(NCC(C)(C)CN(C)C)ncn1. The van der Waals surface area contributed by atoms with Crippen LogP contribution in [0.5, 0.6) is 0 Å². The molecular weight excluding hydrogens is 214 g/mol. The molecule has 0 aromatic carbocycles. The van der Waals surface area contributed by atoms with E-state index in [-0.39, 0.29) is 5.41 Å². The zero-order valence-electron chi connectivity index (χ0n) is 11.4. The predicted molar refractivity (Wildman–Crippen MR) is 72.4 cm³/mol. The molecule has 0 radical (unpaired) electrons. The molecule has 0 amide bonds. The summed E-state index contributed by atoms with van der Waals surface area (Å²) >= 11 is 0. The molecule has 1 aromatic rings. The largest absolute Gasteiger partial charge is 0.373 e. The lowest BCUT2D eigenvalue weighted by molar-refractivity contribution is 0.254. The minimum Gasteiger partial charge on any atom is -0.373 e. The van der Waals surface area contributed by atoms with Gasteiger partial charge in [0, 0.05) is 26.2 Å². The topological polar surface area (TPSA) is 53.1 Å². The van der Waals surface area contributed by atoms with E-state index in [0.717, 1.165) is 24.7 Å². The van der Waals surface area contributed by atoms with Gasteiger partial charge in [-0.25, -0.2) is 9.97 Å². The van der Waals surface area contributed by atoms with Crippen molar-refractivity contribution in [3.63, 3.8) is 0 Å². The summed E-state index contributed by atoms with van der Waals surface area (Å²) in [5.41, 5.74) is 0.203. The number of nitrogens with zero attached hydrogens (tertiary/aromatic N) is 3. The van der Waals surface area contributed by atoms with E-state index in [1.165, 1.54) is 0 Å². The highest BCUT2D eigenvalue weighted by Crippen LogP contribution is 2.17. The van der Waals surface area contributed by atoms with E-state index in [0.29, 0.717) is 0 Å². The molecule has 0 saturated heterocycles. The highest BCUT2D eigenvalue weighted by Gasteiger charge is 2.18. The van der Waals surface area contributed by atoms with Crippen molar-refractivity contribution >= 4 is 11.6 Å². The van der Waals surface area contributed by atoms with E-state index < -0.39 is 0 Å². The minimum atomic E-state index is 0.203. The number of rotatable bonds is 6. The summed E-state index contributed by atoms with van der Waals surface area (Å²) < 4.78 is 0. The Bertz CT molecular complexity index is 349. The Balaban J connectivity index is 2.54. The highest BCUT2D eigenvalue weighted by molar-refractivity contribution is 5.45. The molecule has 17 heavy (non-hydrogen) atoms. The third-order valence-corrected chi connectivity index (χ3v) is 2.42. The molecule has 5 nitrogen and oxygen atoms in total. The average molecular weight is 237 g/mol. The smallest absolute Gasteiger partial charge is 0.131 e. The molecular formula is C12H23N5. The molecule has 0 aliphatic carbocycles. The quantitative estimate of drug-likeness (QED) is 0.785. The summed E-state index contributed by atoms with van der Waals surface area (Å²) in [5, 5.41) is 6.34. The summed E-state index contributed by atoms with van der Waals surface area (Å²) in [7, 11) is 6.03. The molecule has 1 rings (SSSR count). The van der Waals surface area contributed by atoms with E-state index in [1.54, 1.807) is 6.33 Å². The lowest BCUT2D eigenvalue weighted by atomic mass is 9.93. The summed E-state index contributed by atoms with van der Waals surface area (Å²) in [5.74, 6) is 1.68. The van der Waals surface area contributed by atoms with Crippen molar-refractivity contribution in [1.29, 1.82) is 0 Å². The first-order valence-corrected chi connectivity index (χ1v) is 5.81. The maximum Gasteiger partial charge on any atom is 0.131 e. The van der Waals surface area contributed by atoms with Gasteiger partial charge in [-0.05, 0) is 19.5 Å². The van der Waals surface area contributed by atoms with Crippen molar-refractivity contribution in [2.45, 2.75) is 13.8 Å². The Morgan fingerprint density at radius 1 is 1.24 bits per heavy atom. The Morgan fingerprint density at radius 3 is 2.47 bits per heavy atom. The van der Waals surface area contributed by atoms with E-state index in [1.807, 2.05) is 13.1 Å². The van der Waals surface area contributed by atoms with Gasteiger partial charge in [-0.15, -0.1) is 0 Å².